The number of β-lactam (4-membered cyclic amide) rings is 1. The van der Waals surface area contributed by atoms with Gasteiger partial charge in [-0.2, -0.15) is 13.2 Å². The fraction of sp³-hybridized carbons (Fsp3) is 0.238. The number of hydrogen-bond acceptors (Lipinski definition) is 9. The maximum Gasteiger partial charge on any atom is 0.471 e. The van der Waals surface area contributed by atoms with Crippen molar-refractivity contribution < 1.29 is 42.3 Å². The van der Waals surface area contributed by atoms with Crippen LogP contribution in [0.4, 0.5) is 18.3 Å². The standard InChI is InChI=1S/C21H14Cl2F3N5O6S2/c22-9-2-1-8(10(23)5-9)6-37-30-13(11-7-39-20(27-11)29-19(36)21(24,25)26)15(32)28-14-16(33)31-12(18(34)35)3-4-38-17(14)31/h1-3,5,7,14,17H,4,6H2,(H,28,32)(H,34,35)(H,27,29,36)/b30-13-/t14?,17-/m1/s1. The van der Waals surface area contributed by atoms with Crippen LogP contribution in [0.2, 0.25) is 10.0 Å². The molecular weight excluding hydrogens is 610 g/mol. The highest BCUT2D eigenvalue weighted by molar-refractivity contribution is 8.00. The minimum Gasteiger partial charge on any atom is -0.477 e. The van der Waals surface area contributed by atoms with Gasteiger partial charge in [0.25, 0.3) is 11.8 Å². The molecule has 2 aliphatic heterocycles. The van der Waals surface area contributed by atoms with Crippen molar-refractivity contribution in [3.8, 4) is 0 Å². The normalized spacial score (nSPS) is 19.0. The van der Waals surface area contributed by atoms with Gasteiger partial charge in [-0.1, -0.05) is 34.4 Å². The Morgan fingerprint density at radius 1 is 1.28 bits per heavy atom. The van der Waals surface area contributed by atoms with Gasteiger partial charge in [-0.15, -0.1) is 23.1 Å². The van der Waals surface area contributed by atoms with Crippen molar-refractivity contribution in [1.29, 1.82) is 0 Å². The first-order valence-corrected chi connectivity index (χ1v) is 13.2. The molecule has 2 aliphatic rings. The lowest BCUT2D eigenvalue weighted by Crippen LogP contribution is -2.70. The number of hydrogen-bond donors (Lipinski definition) is 3. The highest BCUT2D eigenvalue weighted by Gasteiger charge is 2.53. The number of fused-ring (bicyclic) bond motifs is 1. The molecule has 2 aromatic rings. The largest absolute Gasteiger partial charge is 0.477 e. The minimum atomic E-state index is -5.17. The second kappa shape index (κ2) is 11.4. The van der Waals surface area contributed by atoms with Gasteiger partial charge in [0, 0.05) is 26.7 Å². The third-order valence-electron chi connectivity index (χ3n) is 5.18. The van der Waals surface area contributed by atoms with Gasteiger partial charge in [0.2, 0.25) is 0 Å². The lowest BCUT2D eigenvalue weighted by molar-refractivity contribution is -0.167. The van der Waals surface area contributed by atoms with Crippen molar-refractivity contribution in [3.63, 3.8) is 0 Å². The Balaban J connectivity index is 1.55. The number of aromatic nitrogens is 1. The molecule has 1 aromatic heterocycles. The molecule has 0 radical (unpaired) electrons. The van der Waals surface area contributed by atoms with Crippen LogP contribution in [0.15, 0.2) is 40.5 Å². The number of alkyl halides is 3. The molecule has 4 rings (SSSR count). The Morgan fingerprint density at radius 2 is 2.03 bits per heavy atom. The zero-order chi connectivity index (χ0) is 28.5. The predicted octanol–water partition coefficient (Wildman–Crippen LogP) is 3.24. The molecule has 39 heavy (non-hydrogen) atoms. The van der Waals surface area contributed by atoms with E-state index in [0.29, 0.717) is 21.9 Å². The molecule has 11 nitrogen and oxygen atoms in total. The number of benzene rings is 1. The van der Waals surface area contributed by atoms with Gasteiger partial charge in [0.1, 0.15) is 29.4 Å². The van der Waals surface area contributed by atoms with Gasteiger partial charge in [-0.25, -0.2) is 9.78 Å². The fourth-order valence-electron chi connectivity index (χ4n) is 3.37. The zero-order valence-electron chi connectivity index (χ0n) is 19.0. The van der Waals surface area contributed by atoms with Crippen molar-refractivity contribution in [2.45, 2.75) is 24.2 Å². The van der Waals surface area contributed by atoms with Crippen molar-refractivity contribution in [3.05, 3.63) is 56.7 Å². The molecular formula is C21H14Cl2F3N5O6S2. The maximum absolute atomic E-state index is 13.1. The summed E-state index contributed by atoms with van der Waals surface area (Å²) < 4.78 is 37.8. The third-order valence-corrected chi connectivity index (χ3v) is 7.71. The highest BCUT2D eigenvalue weighted by atomic mass is 35.5. The first-order valence-electron chi connectivity index (χ1n) is 10.5. The molecule has 3 heterocycles. The molecule has 1 unspecified atom stereocenters. The molecule has 2 atom stereocenters. The van der Waals surface area contributed by atoms with E-state index in [1.165, 1.54) is 30.0 Å². The zero-order valence-corrected chi connectivity index (χ0v) is 22.1. The van der Waals surface area contributed by atoms with Crippen molar-refractivity contribution in [2.75, 3.05) is 11.1 Å². The van der Waals surface area contributed by atoms with Crippen molar-refractivity contribution in [1.82, 2.24) is 15.2 Å². The van der Waals surface area contributed by atoms with E-state index in [1.54, 1.807) is 11.4 Å². The number of amides is 3. The van der Waals surface area contributed by atoms with Crippen LogP contribution >= 0.6 is 46.3 Å². The average molecular weight is 624 g/mol. The molecule has 1 fully saturated rings. The number of carbonyl (C=O) groups is 4. The van der Waals surface area contributed by atoms with Crippen LogP contribution in [-0.4, -0.2) is 67.7 Å². The number of nitrogens with zero attached hydrogens (tertiary/aromatic N) is 3. The van der Waals surface area contributed by atoms with Gasteiger partial charge in [-0.3, -0.25) is 24.6 Å². The number of anilines is 1. The number of thioether (sulfide) groups is 1. The van der Waals surface area contributed by atoms with E-state index in [-0.39, 0.29) is 28.8 Å². The summed E-state index contributed by atoms with van der Waals surface area (Å²) >= 11 is 13.8. The molecule has 206 valence electrons. The van der Waals surface area contributed by atoms with E-state index in [0.717, 1.165) is 10.3 Å². The quantitative estimate of drug-likeness (QED) is 0.230. The van der Waals surface area contributed by atoms with Crippen LogP contribution in [0.25, 0.3) is 0 Å². The molecule has 3 N–H and O–H groups in total. The summed E-state index contributed by atoms with van der Waals surface area (Å²) in [5.74, 6) is -4.95. The molecule has 18 heteroatoms. The van der Waals surface area contributed by atoms with Gasteiger partial charge in [-0.05, 0) is 18.2 Å². The number of nitrogens with one attached hydrogen (secondary N) is 2. The Hall–Kier alpha value is -3.34. The Morgan fingerprint density at radius 3 is 2.69 bits per heavy atom. The molecule has 0 saturated carbocycles. The van der Waals surface area contributed by atoms with Gasteiger partial charge in [0.05, 0.1) is 0 Å². The van der Waals surface area contributed by atoms with Crippen LogP contribution in [0.3, 0.4) is 0 Å². The number of oxime groups is 1. The number of halogens is 5. The van der Waals surface area contributed by atoms with Crippen LogP contribution in [0.1, 0.15) is 11.3 Å². The number of carboxylic acid groups (broad SMARTS) is 1. The molecule has 0 spiro atoms. The molecule has 1 saturated heterocycles. The van der Waals surface area contributed by atoms with Gasteiger partial charge in [0.15, 0.2) is 10.8 Å². The summed E-state index contributed by atoms with van der Waals surface area (Å²) in [6.45, 7) is -0.240. The molecule has 3 amide bonds. The SMILES string of the molecule is O=C(O)C1=CCS[C@@H]2C(NC(=O)/C(=N\OCc3ccc(Cl)cc3Cl)c3csc(NC(=O)C(F)(F)F)n3)C(=O)N12. The van der Waals surface area contributed by atoms with Gasteiger partial charge < -0.3 is 15.3 Å². The smallest absolute Gasteiger partial charge is 0.471 e. The third kappa shape index (κ3) is 6.29. The lowest BCUT2D eigenvalue weighted by Gasteiger charge is -2.48. The van der Waals surface area contributed by atoms with Crippen molar-refractivity contribution >= 4 is 80.8 Å². The highest BCUT2D eigenvalue weighted by Crippen LogP contribution is 2.37. The summed E-state index contributed by atoms with van der Waals surface area (Å²) in [5.41, 5.74) is -0.554. The van der Waals surface area contributed by atoms with E-state index < -0.39 is 52.1 Å². The first-order chi connectivity index (χ1) is 18.4. The van der Waals surface area contributed by atoms with Crippen LogP contribution in [0, 0.1) is 0 Å². The molecule has 0 aliphatic carbocycles. The van der Waals surface area contributed by atoms with Gasteiger partial charge >= 0.3 is 18.1 Å². The van der Waals surface area contributed by atoms with Crippen LogP contribution in [0.5, 0.6) is 0 Å². The minimum absolute atomic E-state index is 0.212. The molecule has 1 aromatic carbocycles. The first kappa shape index (κ1) is 28.7. The number of carbonyl (C=O) groups excluding carboxylic acids is 3. The summed E-state index contributed by atoms with van der Waals surface area (Å²) in [6.07, 6.45) is -3.80. The summed E-state index contributed by atoms with van der Waals surface area (Å²) in [4.78, 5) is 58.5. The van der Waals surface area contributed by atoms with Crippen LogP contribution < -0.4 is 10.6 Å². The maximum atomic E-state index is 13.1. The summed E-state index contributed by atoms with van der Waals surface area (Å²) in [6, 6.07) is 3.41. The van der Waals surface area contributed by atoms with E-state index in [1.807, 2.05) is 0 Å². The number of thiazole rings is 1. The fourth-order valence-corrected chi connectivity index (χ4v) is 5.71. The topological polar surface area (TPSA) is 150 Å². The Kier molecular flexibility index (Phi) is 8.39. The Bertz CT molecular complexity index is 1420. The second-order valence-corrected chi connectivity index (χ2v) is 10.6. The predicted molar refractivity (Wildman–Crippen MR) is 135 cm³/mol. The van der Waals surface area contributed by atoms with E-state index >= 15 is 0 Å². The number of rotatable bonds is 8. The van der Waals surface area contributed by atoms with Crippen molar-refractivity contribution in [2.24, 2.45) is 5.16 Å². The number of carboxylic acids is 1. The summed E-state index contributed by atoms with van der Waals surface area (Å²) in [7, 11) is 0. The monoisotopic (exact) mass is 623 g/mol. The van der Waals surface area contributed by atoms with Crippen LogP contribution in [-0.2, 0) is 30.6 Å². The number of aliphatic carboxylic acids is 1. The van der Waals surface area contributed by atoms with E-state index in [9.17, 15) is 37.5 Å². The average Bonchev–Trinajstić information content (AvgIpc) is 3.32. The van der Waals surface area contributed by atoms with E-state index in [2.05, 4.69) is 15.5 Å². The Labute approximate surface area is 235 Å². The lowest BCUT2D eigenvalue weighted by atomic mass is 10.0. The second-order valence-electron chi connectivity index (χ2n) is 7.72. The van der Waals surface area contributed by atoms with E-state index in [4.69, 9.17) is 28.0 Å². The summed E-state index contributed by atoms with van der Waals surface area (Å²) in [5, 5.41) is 17.7. The molecule has 0 bridgehead atoms.